The van der Waals surface area contributed by atoms with Crippen molar-refractivity contribution in [3.05, 3.63) is 217 Å². The first-order valence-electron chi connectivity index (χ1n) is 18.8. The van der Waals surface area contributed by atoms with Crippen LogP contribution in [0.5, 0.6) is 11.5 Å². The largest absolute Gasteiger partial charge is 0.457 e. The molecule has 5 heteroatoms. The van der Waals surface area contributed by atoms with Crippen LogP contribution in [0.2, 0.25) is 0 Å². The second-order valence-electron chi connectivity index (χ2n) is 14.2. The van der Waals surface area contributed by atoms with Gasteiger partial charge < -0.3 is 4.74 Å². The fourth-order valence-electron chi connectivity index (χ4n) is 8.55. The Morgan fingerprint density at radius 3 is 1.21 bits per heavy atom. The smallest absolute Gasteiger partial charge is 0.164 e. The SMILES string of the molecule is c1ccc(-c2nc(-c3ccccc3)nc(-c3ccc(-c4ccc5c(c4)C4(c6ccccc6Oc6ccccc64)c4cc(-c6ccncc6)ccc4-5)cc3)n2)cc1. The van der Waals surface area contributed by atoms with Crippen molar-refractivity contribution >= 4 is 0 Å². The topological polar surface area (TPSA) is 60.8 Å². The van der Waals surface area contributed by atoms with Gasteiger partial charge in [-0.25, -0.2) is 15.0 Å². The lowest BCUT2D eigenvalue weighted by atomic mass is 9.65. The molecule has 0 bridgehead atoms. The van der Waals surface area contributed by atoms with E-state index in [4.69, 9.17) is 19.7 Å². The van der Waals surface area contributed by atoms with Gasteiger partial charge in [-0.2, -0.15) is 0 Å². The molecule has 0 radical (unpaired) electrons. The zero-order valence-corrected chi connectivity index (χ0v) is 30.2. The Morgan fingerprint density at radius 1 is 0.321 bits per heavy atom. The third-order valence-corrected chi connectivity index (χ3v) is 11.1. The number of aromatic nitrogens is 4. The van der Waals surface area contributed by atoms with Crippen LogP contribution in [0.3, 0.4) is 0 Å². The molecule has 56 heavy (non-hydrogen) atoms. The molecule has 1 aliphatic carbocycles. The molecule has 2 aromatic heterocycles. The molecule has 1 spiro atoms. The molecule has 0 N–H and O–H groups in total. The molecule has 9 aromatic rings. The van der Waals surface area contributed by atoms with Crippen LogP contribution in [-0.2, 0) is 5.41 Å². The highest BCUT2D eigenvalue weighted by Gasteiger charge is 2.51. The van der Waals surface area contributed by atoms with E-state index >= 15 is 0 Å². The lowest BCUT2D eigenvalue weighted by molar-refractivity contribution is 0.436. The molecule has 3 heterocycles. The molecule has 0 amide bonds. The average molecular weight is 717 g/mol. The van der Waals surface area contributed by atoms with Gasteiger partial charge in [0.15, 0.2) is 17.5 Å². The number of para-hydroxylation sites is 2. The summed E-state index contributed by atoms with van der Waals surface area (Å²) in [4.78, 5) is 19.1. The van der Waals surface area contributed by atoms with Crippen molar-refractivity contribution in [2.24, 2.45) is 0 Å². The Balaban J connectivity index is 1.07. The van der Waals surface area contributed by atoms with Gasteiger partial charge in [0.05, 0.1) is 5.41 Å². The summed E-state index contributed by atoms with van der Waals surface area (Å²) in [5.41, 5.74) is 13.9. The zero-order chi connectivity index (χ0) is 37.1. The summed E-state index contributed by atoms with van der Waals surface area (Å²) < 4.78 is 6.63. The van der Waals surface area contributed by atoms with Gasteiger partial charge >= 0.3 is 0 Å². The number of pyridine rings is 1. The van der Waals surface area contributed by atoms with Crippen molar-refractivity contribution in [2.75, 3.05) is 0 Å². The minimum absolute atomic E-state index is 0.596. The molecular formula is C51H32N4O. The predicted octanol–water partition coefficient (Wildman–Crippen LogP) is 12.1. The second-order valence-corrected chi connectivity index (χ2v) is 14.2. The summed E-state index contributed by atoms with van der Waals surface area (Å²) in [5.74, 6) is 3.66. The van der Waals surface area contributed by atoms with E-state index in [1.165, 1.54) is 22.3 Å². The van der Waals surface area contributed by atoms with E-state index in [9.17, 15) is 0 Å². The van der Waals surface area contributed by atoms with Crippen LogP contribution in [0, 0.1) is 0 Å². The van der Waals surface area contributed by atoms with Crippen LogP contribution in [0.4, 0.5) is 0 Å². The first-order chi connectivity index (χ1) is 27.7. The first-order valence-corrected chi connectivity index (χ1v) is 18.8. The number of hydrogen-bond donors (Lipinski definition) is 0. The Morgan fingerprint density at radius 2 is 0.714 bits per heavy atom. The van der Waals surface area contributed by atoms with Gasteiger partial charge in [0.2, 0.25) is 0 Å². The highest BCUT2D eigenvalue weighted by Crippen LogP contribution is 2.62. The van der Waals surface area contributed by atoms with Gasteiger partial charge in [0, 0.05) is 40.2 Å². The monoisotopic (exact) mass is 716 g/mol. The summed E-state index contributed by atoms with van der Waals surface area (Å²) >= 11 is 0. The number of rotatable bonds is 5. The third-order valence-electron chi connectivity index (χ3n) is 11.1. The Labute approximate surface area is 324 Å². The lowest BCUT2D eigenvalue weighted by Gasteiger charge is -2.39. The predicted molar refractivity (Wildman–Crippen MR) is 222 cm³/mol. The molecule has 262 valence electrons. The maximum atomic E-state index is 6.63. The molecule has 0 fully saturated rings. The van der Waals surface area contributed by atoms with Crippen LogP contribution >= 0.6 is 0 Å². The molecule has 11 rings (SSSR count). The summed E-state index contributed by atoms with van der Waals surface area (Å²) in [5, 5.41) is 0. The van der Waals surface area contributed by atoms with E-state index in [1.807, 2.05) is 73.1 Å². The maximum absolute atomic E-state index is 6.63. The average Bonchev–Trinajstić information content (AvgIpc) is 3.56. The Hall–Kier alpha value is -7.50. The van der Waals surface area contributed by atoms with Crippen molar-refractivity contribution in [3.63, 3.8) is 0 Å². The lowest BCUT2D eigenvalue weighted by Crippen LogP contribution is -2.32. The number of nitrogens with zero attached hydrogens (tertiary/aromatic N) is 4. The van der Waals surface area contributed by atoms with Gasteiger partial charge in [0.1, 0.15) is 11.5 Å². The van der Waals surface area contributed by atoms with Crippen molar-refractivity contribution in [3.8, 4) is 79.0 Å². The molecule has 0 unspecified atom stereocenters. The molecule has 2 aliphatic rings. The van der Waals surface area contributed by atoms with Crippen LogP contribution in [0.1, 0.15) is 22.3 Å². The number of fused-ring (bicyclic) bond motifs is 9. The van der Waals surface area contributed by atoms with Crippen LogP contribution in [-0.4, -0.2) is 19.9 Å². The Kier molecular flexibility index (Phi) is 7.32. The van der Waals surface area contributed by atoms with Crippen molar-refractivity contribution in [1.82, 2.24) is 19.9 Å². The molecule has 1 aliphatic heterocycles. The van der Waals surface area contributed by atoms with E-state index in [2.05, 4.69) is 126 Å². The highest BCUT2D eigenvalue weighted by molar-refractivity contribution is 5.92. The van der Waals surface area contributed by atoms with E-state index in [0.717, 1.165) is 61.6 Å². The first kappa shape index (κ1) is 32.0. The molecule has 5 nitrogen and oxygen atoms in total. The minimum atomic E-state index is -0.596. The molecule has 0 saturated carbocycles. The zero-order valence-electron chi connectivity index (χ0n) is 30.2. The maximum Gasteiger partial charge on any atom is 0.164 e. The summed E-state index contributed by atoms with van der Waals surface area (Å²) in [6, 6.07) is 63.7. The number of hydrogen-bond acceptors (Lipinski definition) is 5. The third kappa shape index (κ3) is 5.02. The normalized spacial score (nSPS) is 12.9. The molecular weight excluding hydrogens is 685 g/mol. The van der Waals surface area contributed by atoms with Crippen LogP contribution in [0.25, 0.3) is 67.5 Å². The van der Waals surface area contributed by atoms with Gasteiger partial charge in [-0.05, 0) is 80.9 Å². The quantitative estimate of drug-likeness (QED) is 0.177. The van der Waals surface area contributed by atoms with Crippen LogP contribution < -0.4 is 4.74 Å². The van der Waals surface area contributed by atoms with Crippen molar-refractivity contribution in [1.29, 1.82) is 0 Å². The number of ether oxygens (including phenoxy) is 1. The summed E-state index contributed by atoms with van der Waals surface area (Å²) in [7, 11) is 0. The van der Waals surface area contributed by atoms with Crippen LogP contribution in [0.15, 0.2) is 194 Å². The van der Waals surface area contributed by atoms with Gasteiger partial charge in [0.25, 0.3) is 0 Å². The number of benzene rings is 7. The minimum Gasteiger partial charge on any atom is -0.457 e. The van der Waals surface area contributed by atoms with E-state index in [1.54, 1.807) is 0 Å². The van der Waals surface area contributed by atoms with Crippen molar-refractivity contribution < 1.29 is 4.74 Å². The fourth-order valence-corrected chi connectivity index (χ4v) is 8.55. The Bertz CT molecular complexity index is 2830. The van der Waals surface area contributed by atoms with Gasteiger partial charge in [-0.1, -0.05) is 146 Å². The van der Waals surface area contributed by atoms with E-state index in [0.29, 0.717) is 17.5 Å². The summed E-state index contributed by atoms with van der Waals surface area (Å²) in [6.45, 7) is 0. The standard InChI is InChI=1S/C51H32N4O/c1-3-11-35(12-4-1)48-53-49(36-13-5-2-6-14-36)55-50(54-48)37-21-19-33(20-22-37)38-23-25-40-41-26-24-39(34-27-29-52-30-28-34)32-45(41)51(44(40)31-38)42-15-7-9-17-46(42)56-47-18-10-8-16-43(47)51/h1-32H. The highest BCUT2D eigenvalue weighted by atomic mass is 16.5. The van der Waals surface area contributed by atoms with E-state index < -0.39 is 5.41 Å². The molecule has 7 aromatic carbocycles. The summed E-state index contributed by atoms with van der Waals surface area (Å²) in [6.07, 6.45) is 3.71. The molecule has 0 saturated heterocycles. The van der Waals surface area contributed by atoms with E-state index in [-0.39, 0.29) is 0 Å². The second kappa shape index (κ2) is 12.8. The van der Waals surface area contributed by atoms with Gasteiger partial charge in [-0.3, -0.25) is 4.98 Å². The molecule has 0 atom stereocenters. The van der Waals surface area contributed by atoms with Crippen molar-refractivity contribution in [2.45, 2.75) is 5.41 Å². The van der Waals surface area contributed by atoms with Gasteiger partial charge in [-0.15, -0.1) is 0 Å². The fraction of sp³-hybridized carbons (Fsp3) is 0.0196.